The maximum absolute atomic E-state index is 9.32. The van der Waals surface area contributed by atoms with Crippen molar-refractivity contribution in [3.05, 3.63) is 224 Å². The second-order valence-electron chi connectivity index (χ2n) is 15.5. The van der Waals surface area contributed by atoms with Gasteiger partial charge in [0.1, 0.15) is 11.2 Å². The zero-order chi connectivity index (χ0) is 42.1. The SMILES string of the molecule is N#Cc1ccc(-c2ccc(-c3nc(-c4cc(-c5ccccc5)cc(-c5ccccc5)c4)nc(-c4ccc5c(c4)oc4cccc(-c6ccc(-c7ccccc7)cc6)c45)n3)cc2)cc1. The van der Waals surface area contributed by atoms with Crippen LogP contribution in [0.25, 0.3) is 112 Å². The van der Waals surface area contributed by atoms with Gasteiger partial charge in [-0.05, 0) is 104 Å². The second-order valence-corrected chi connectivity index (χ2v) is 15.5. The van der Waals surface area contributed by atoms with E-state index in [1.807, 2.05) is 66.7 Å². The molecule has 0 N–H and O–H groups in total. The number of fused-ring (bicyclic) bond motifs is 3. The molecule has 63 heavy (non-hydrogen) atoms. The highest BCUT2D eigenvalue weighted by Crippen LogP contribution is 2.39. The summed E-state index contributed by atoms with van der Waals surface area (Å²) in [7, 11) is 0. The minimum Gasteiger partial charge on any atom is -0.456 e. The highest BCUT2D eigenvalue weighted by atomic mass is 16.3. The Hall–Kier alpha value is -8.72. The van der Waals surface area contributed by atoms with E-state index in [1.165, 1.54) is 11.1 Å². The normalized spacial score (nSPS) is 11.2. The van der Waals surface area contributed by atoms with Crippen LogP contribution in [0.1, 0.15) is 5.56 Å². The molecule has 0 radical (unpaired) electrons. The summed E-state index contributed by atoms with van der Waals surface area (Å²) < 4.78 is 6.61. The maximum atomic E-state index is 9.32. The summed E-state index contributed by atoms with van der Waals surface area (Å²) in [6.45, 7) is 0. The number of furan rings is 1. The quantitative estimate of drug-likeness (QED) is 0.153. The third-order valence-corrected chi connectivity index (χ3v) is 11.6. The van der Waals surface area contributed by atoms with Crippen molar-refractivity contribution < 1.29 is 4.42 Å². The molecule has 0 saturated carbocycles. The Kier molecular flexibility index (Phi) is 9.50. The summed E-state index contributed by atoms with van der Waals surface area (Å²) >= 11 is 0. The molecule has 11 aromatic rings. The number of nitriles is 1. The van der Waals surface area contributed by atoms with E-state index in [0.29, 0.717) is 23.0 Å². The summed E-state index contributed by atoms with van der Waals surface area (Å²) in [5, 5.41) is 11.4. The molecule has 0 amide bonds. The Balaban J connectivity index is 1.04. The minimum absolute atomic E-state index is 0.539. The molecule has 9 aromatic carbocycles. The van der Waals surface area contributed by atoms with Crippen molar-refractivity contribution in [1.82, 2.24) is 15.0 Å². The molecule has 0 atom stereocenters. The lowest BCUT2D eigenvalue weighted by atomic mass is 9.95. The van der Waals surface area contributed by atoms with Crippen LogP contribution in [0.5, 0.6) is 0 Å². The summed E-state index contributed by atoms with van der Waals surface area (Å²) in [6.07, 6.45) is 0. The maximum Gasteiger partial charge on any atom is 0.164 e. The van der Waals surface area contributed by atoms with E-state index in [9.17, 15) is 5.26 Å². The molecule has 0 saturated heterocycles. The van der Waals surface area contributed by atoms with Crippen LogP contribution in [0.15, 0.2) is 223 Å². The van der Waals surface area contributed by atoms with Crippen molar-refractivity contribution in [2.24, 2.45) is 0 Å². The van der Waals surface area contributed by atoms with E-state index in [1.54, 1.807) is 0 Å². The van der Waals surface area contributed by atoms with Crippen LogP contribution in [-0.2, 0) is 0 Å². The van der Waals surface area contributed by atoms with Crippen LogP contribution in [0.4, 0.5) is 0 Å². The van der Waals surface area contributed by atoms with Gasteiger partial charge in [-0.2, -0.15) is 5.26 Å². The van der Waals surface area contributed by atoms with Crippen molar-refractivity contribution in [3.63, 3.8) is 0 Å². The smallest absolute Gasteiger partial charge is 0.164 e. The van der Waals surface area contributed by atoms with Gasteiger partial charge in [0.25, 0.3) is 0 Å². The minimum atomic E-state index is 0.539. The molecule has 0 aliphatic carbocycles. The topological polar surface area (TPSA) is 75.6 Å². The van der Waals surface area contributed by atoms with Gasteiger partial charge in [0.05, 0.1) is 11.6 Å². The molecule has 2 aromatic heterocycles. The molecule has 2 heterocycles. The number of hydrogen-bond acceptors (Lipinski definition) is 5. The summed E-state index contributed by atoms with van der Waals surface area (Å²) in [5.74, 6) is 1.65. The predicted octanol–water partition coefficient (Wildman–Crippen LogP) is 15.0. The van der Waals surface area contributed by atoms with Crippen molar-refractivity contribution in [2.75, 3.05) is 0 Å². The predicted molar refractivity (Wildman–Crippen MR) is 255 cm³/mol. The molecule has 5 nitrogen and oxygen atoms in total. The fourth-order valence-electron chi connectivity index (χ4n) is 8.34. The van der Waals surface area contributed by atoms with E-state index >= 15 is 0 Å². The molecule has 0 unspecified atom stereocenters. The lowest BCUT2D eigenvalue weighted by molar-refractivity contribution is 0.669. The van der Waals surface area contributed by atoms with Gasteiger partial charge in [0.15, 0.2) is 17.5 Å². The van der Waals surface area contributed by atoms with Crippen LogP contribution in [0, 0.1) is 11.3 Å². The molecule has 294 valence electrons. The van der Waals surface area contributed by atoms with Crippen molar-refractivity contribution in [1.29, 1.82) is 5.26 Å². The van der Waals surface area contributed by atoms with E-state index in [4.69, 9.17) is 19.4 Å². The van der Waals surface area contributed by atoms with Gasteiger partial charge >= 0.3 is 0 Å². The molecule has 0 aliphatic rings. The average Bonchev–Trinajstić information content (AvgIpc) is 3.75. The van der Waals surface area contributed by atoms with Gasteiger partial charge in [-0.25, -0.2) is 15.0 Å². The van der Waals surface area contributed by atoms with Crippen molar-refractivity contribution >= 4 is 21.9 Å². The highest BCUT2D eigenvalue weighted by molar-refractivity contribution is 6.13. The van der Waals surface area contributed by atoms with Crippen LogP contribution < -0.4 is 0 Å². The van der Waals surface area contributed by atoms with Gasteiger partial charge < -0.3 is 4.42 Å². The molecule has 0 aliphatic heterocycles. The standard InChI is InChI=1S/C58H36N4O/c59-37-38-19-21-42(22-20-38)44-25-29-46(30-26-44)56-60-57(62-58(61-56)50-34-48(40-13-6-2-7-14-40)33-49(35-50)41-15-8-3-9-16-41)47-31-32-52-54(36-47)63-53-18-10-17-51(55(52)53)45-27-23-43(24-28-45)39-11-4-1-5-12-39/h1-36H. The number of hydrogen-bond donors (Lipinski definition) is 0. The lowest BCUT2D eigenvalue weighted by Crippen LogP contribution is -2.00. The average molecular weight is 805 g/mol. The fourth-order valence-corrected chi connectivity index (χ4v) is 8.34. The molecule has 11 rings (SSSR count). The highest BCUT2D eigenvalue weighted by Gasteiger charge is 2.18. The van der Waals surface area contributed by atoms with Crippen LogP contribution >= 0.6 is 0 Å². The zero-order valence-corrected chi connectivity index (χ0v) is 34.0. The van der Waals surface area contributed by atoms with Crippen molar-refractivity contribution in [3.8, 4) is 95.9 Å². The molecule has 0 bridgehead atoms. The van der Waals surface area contributed by atoms with Crippen LogP contribution in [0.3, 0.4) is 0 Å². The molecule has 0 spiro atoms. The van der Waals surface area contributed by atoms with Gasteiger partial charge in [-0.1, -0.05) is 170 Å². The Bertz CT molecular complexity index is 3410. The molecular formula is C58H36N4O. The lowest BCUT2D eigenvalue weighted by Gasteiger charge is -2.13. The van der Waals surface area contributed by atoms with Crippen molar-refractivity contribution in [2.45, 2.75) is 0 Å². The van der Waals surface area contributed by atoms with Gasteiger partial charge in [-0.3, -0.25) is 0 Å². The Morgan fingerprint density at radius 3 is 1.30 bits per heavy atom. The molecule has 0 fully saturated rings. The van der Waals surface area contributed by atoms with Gasteiger partial charge in [-0.15, -0.1) is 0 Å². The monoisotopic (exact) mass is 804 g/mol. The second kappa shape index (κ2) is 16.0. The van der Waals surface area contributed by atoms with Gasteiger partial charge in [0, 0.05) is 27.5 Å². The van der Waals surface area contributed by atoms with Crippen LogP contribution in [0.2, 0.25) is 0 Å². The zero-order valence-electron chi connectivity index (χ0n) is 34.0. The molecule has 5 heteroatoms. The van der Waals surface area contributed by atoms with Gasteiger partial charge in [0.2, 0.25) is 0 Å². The Morgan fingerprint density at radius 1 is 0.317 bits per heavy atom. The number of rotatable bonds is 8. The number of benzene rings is 9. The van der Waals surface area contributed by atoms with E-state index in [2.05, 4.69) is 158 Å². The first-order chi connectivity index (χ1) is 31.1. The summed E-state index contributed by atoms with van der Waals surface area (Å²) in [4.78, 5) is 15.5. The van der Waals surface area contributed by atoms with Crippen LogP contribution in [-0.4, -0.2) is 15.0 Å². The number of nitrogens with zero attached hydrogens (tertiary/aromatic N) is 4. The van der Waals surface area contributed by atoms with E-state index in [0.717, 1.165) is 83.1 Å². The summed E-state index contributed by atoms with van der Waals surface area (Å²) in [5.41, 5.74) is 15.7. The first-order valence-electron chi connectivity index (χ1n) is 20.9. The summed E-state index contributed by atoms with van der Waals surface area (Å²) in [6, 6.07) is 77.0. The third kappa shape index (κ3) is 7.33. The molecular weight excluding hydrogens is 769 g/mol. The largest absolute Gasteiger partial charge is 0.456 e. The Morgan fingerprint density at radius 2 is 0.746 bits per heavy atom. The van der Waals surface area contributed by atoms with E-state index in [-0.39, 0.29) is 0 Å². The Labute approximate surface area is 364 Å². The number of aromatic nitrogens is 3. The van der Waals surface area contributed by atoms with E-state index < -0.39 is 0 Å². The first-order valence-corrected chi connectivity index (χ1v) is 20.9. The fraction of sp³-hybridized carbons (Fsp3) is 0. The first kappa shape index (κ1) is 37.3. The third-order valence-electron chi connectivity index (χ3n) is 11.6.